The molecule has 0 atom stereocenters. The zero-order chi connectivity index (χ0) is 24.2. The van der Waals surface area contributed by atoms with E-state index in [1.807, 2.05) is 48.5 Å². The van der Waals surface area contributed by atoms with Crippen LogP contribution < -0.4 is 14.8 Å². The Kier molecular flexibility index (Phi) is 6.48. The summed E-state index contributed by atoms with van der Waals surface area (Å²) in [5, 5.41) is 16.6. The van der Waals surface area contributed by atoms with Gasteiger partial charge >= 0.3 is 0 Å². The Morgan fingerprint density at radius 1 is 0.971 bits per heavy atom. The first-order valence-electron chi connectivity index (χ1n) is 10.5. The number of aromatic nitrogens is 3. The number of nitrogens with one attached hydrogen (secondary N) is 1. The van der Waals surface area contributed by atoms with E-state index in [0.717, 1.165) is 31.7 Å². The van der Waals surface area contributed by atoms with Gasteiger partial charge in [-0.1, -0.05) is 30.3 Å². The minimum Gasteiger partial charge on any atom is -0.493 e. The van der Waals surface area contributed by atoms with E-state index in [4.69, 9.17) is 14.5 Å². The number of nitriles is 1. The van der Waals surface area contributed by atoms with Gasteiger partial charge < -0.3 is 14.8 Å². The number of nitrogens with zero attached hydrogens (tertiary/aromatic N) is 4. The quantitative estimate of drug-likeness (QED) is 0.271. The van der Waals surface area contributed by atoms with Crippen molar-refractivity contribution in [2.45, 2.75) is 9.37 Å². The van der Waals surface area contributed by atoms with Gasteiger partial charge in [0.1, 0.15) is 11.1 Å². The lowest BCUT2D eigenvalue weighted by atomic mass is 10.1. The number of pyridine rings is 2. The second-order valence-electron chi connectivity index (χ2n) is 7.36. The molecule has 3 aromatic heterocycles. The van der Waals surface area contributed by atoms with Crippen molar-refractivity contribution in [3.63, 3.8) is 0 Å². The molecule has 1 N–H and O–H groups in total. The molecule has 35 heavy (non-hydrogen) atoms. The van der Waals surface area contributed by atoms with E-state index in [9.17, 15) is 5.26 Å². The number of thiazole rings is 1. The molecule has 2 aromatic carbocycles. The average molecular weight is 498 g/mol. The lowest BCUT2D eigenvalue weighted by molar-refractivity contribution is 0.356. The maximum Gasteiger partial charge on any atom is 0.162 e. The Morgan fingerprint density at radius 3 is 2.49 bits per heavy atom. The van der Waals surface area contributed by atoms with E-state index in [1.54, 1.807) is 44.0 Å². The van der Waals surface area contributed by atoms with Gasteiger partial charge in [-0.05, 0) is 30.0 Å². The maximum absolute atomic E-state index is 9.67. The van der Waals surface area contributed by atoms with E-state index in [1.165, 1.54) is 11.8 Å². The predicted octanol–water partition coefficient (Wildman–Crippen LogP) is 6.54. The third-order valence-corrected chi connectivity index (χ3v) is 7.13. The lowest BCUT2D eigenvalue weighted by Gasteiger charge is -2.14. The molecule has 172 valence electrons. The second-order valence-corrected chi connectivity index (χ2v) is 9.49. The van der Waals surface area contributed by atoms with Gasteiger partial charge in [0.25, 0.3) is 0 Å². The smallest absolute Gasteiger partial charge is 0.162 e. The van der Waals surface area contributed by atoms with Crippen LogP contribution in [-0.2, 0) is 0 Å². The van der Waals surface area contributed by atoms with E-state index in [2.05, 4.69) is 26.7 Å². The second kappa shape index (κ2) is 10.0. The first kappa shape index (κ1) is 22.7. The highest BCUT2D eigenvalue weighted by atomic mass is 32.2. The normalized spacial score (nSPS) is 10.7. The molecule has 0 aliphatic carbocycles. The molecule has 5 rings (SSSR count). The van der Waals surface area contributed by atoms with Gasteiger partial charge in [-0.3, -0.25) is 4.98 Å². The highest BCUT2D eigenvalue weighted by Crippen LogP contribution is 2.37. The summed E-state index contributed by atoms with van der Waals surface area (Å²) in [4.78, 5) is 13.7. The molecule has 0 aliphatic rings. The van der Waals surface area contributed by atoms with Gasteiger partial charge in [-0.2, -0.15) is 5.26 Å². The Morgan fingerprint density at radius 2 is 1.77 bits per heavy atom. The van der Waals surface area contributed by atoms with Crippen LogP contribution in [0.2, 0.25) is 0 Å². The number of hydrogen-bond donors (Lipinski definition) is 1. The monoisotopic (exact) mass is 497 g/mol. The molecule has 3 heterocycles. The molecule has 9 heteroatoms. The third kappa shape index (κ3) is 4.75. The Balaban J connectivity index is 1.39. The number of fused-ring (bicyclic) bond motifs is 1. The Hall–Kier alpha value is -4.13. The van der Waals surface area contributed by atoms with Gasteiger partial charge in [0.2, 0.25) is 0 Å². The highest BCUT2D eigenvalue weighted by molar-refractivity contribution is 8.01. The van der Waals surface area contributed by atoms with Crippen molar-refractivity contribution in [1.82, 2.24) is 15.0 Å². The molecule has 5 aromatic rings. The number of hydrogen-bond acceptors (Lipinski definition) is 9. The first-order chi connectivity index (χ1) is 17.2. The summed E-state index contributed by atoms with van der Waals surface area (Å²) in [5.41, 5.74) is 4.53. The molecule has 0 spiro atoms. The van der Waals surface area contributed by atoms with Crippen LogP contribution in [-0.4, -0.2) is 29.2 Å². The average Bonchev–Trinajstić information content (AvgIpc) is 3.38. The van der Waals surface area contributed by atoms with Crippen molar-refractivity contribution in [3.8, 4) is 28.8 Å². The molecule has 0 saturated heterocycles. The summed E-state index contributed by atoms with van der Waals surface area (Å²) >= 11 is 3.10. The number of ether oxygens (including phenoxy) is 2. The number of methoxy groups -OCH3 is 2. The summed E-state index contributed by atoms with van der Waals surface area (Å²) in [6.45, 7) is 0. The summed E-state index contributed by atoms with van der Waals surface area (Å²) < 4.78 is 11.7. The summed E-state index contributed by atoms with van der Waals surface area (Å²) in [6.07, 6.45) is 3.28. The number of benzene rings is 2. The molecule has 0 fully saturated rings. The largest absolute Gasteiger partial charge is 0.493 e. The highest BCUT2D eigenvalue weighted by Gasteiger charge is 2.14. The van der Waals surface area contributed by atoms with E-state index < -0.39 is 0 Å². The fraction of sp³-hybridized carbons (Fsp3) is 0.0769. The van der Waals surface area contributed by atoms with Gasteiger partial charge in [0.15, 0.2) is 15.8 Å². The van der Waals surface area contributed by atoms with Crippen molar-refractivity contribution >= 4 is 45.4 Å². The molecular formula is C26H19N5O2S2. The summed E-state index contributed by atoms with van der Waals surface area (Å²) in [6, 6.07) is 19.8. The number of rotatable bonds is 7. The number of anilines is 2. The molecule has 0 radical (unpaired) electrons. The summed E-state index contributed by atoms with van der Waals surface area (Å²) in [5.74, 6) is 1.13. The molecule has 0 saturated carbocycles. The Labute approximate surface area is 210 Å². The predicted molar refractivity (Wildman–Crippen MR) is 139 cm³/mol. The van der Waals surface area contributed by atoms with Gasteiger partial charge in [0, 0.05) is 28.6 Å². The van der Waals surface area contributed by atoms with Crippen molar-refractivity contribution in [2.24, 2.45) is 0 Å². The van der Waals surface area contributed by atoms with Crippen molar-refractivity contribution in [1.29, 1.82) is 5.26 Å². The fourth-order valence-electron chi connectivity index (χ4n) is 3.53. The van der Waals surface area contributed by atoms with Gasteiger partial charge in [-0.15, -0.1) is 11.3 Å². The molecule has 7 nitrogen and oxygen atoms in total. The van der Waals surface area contributed by atoms with Gasteiger partial charge in [-0.25, -0.2) is 9.97 Å². The van der Waals surface area contributed by atoms with E-state index >= 15 is 0 Å². The van der Waals surface area contributed by atoms with Crippen LogP contribution >= 0.6 is 23.1 Å². The van der Waals surface area contributed by atoms with Crippen LogP contribution in [0, 0.1) is 11.3 Å². The maximum atomic E-state index is 9.67. The Bertz CT molecular complexity index is 1530. The third-order valence-electron chi connectivity index (χ3n) is 5.24. The van der Waals surface area contributed by atoms with Crippen molar-refractivity contribution in [2.75, 3.05) is 19.5 Å². The SMILES string of the molecule is COc1cc2ncc(C#N)c(Nc3ccc(Sc4nc(-c5ccccc5)cs4)nc3)c2cc1OC. The molecule has 0 unspecified atom stereocenters. The van der Waals surface area contributed by atoms with E-state index in [-0.39, 0.29) is 0 Å². The molecular weight excluding hydrogens is 478 g/mol. The van der Waals surface area contributed by atoms with Gasteiger partial charge in [0.05, 0.1) is 48.6 Å². The minimum absolute atomic E-state index is 0.416. The van der Waals surface area contributed by atoms with Crippen molar-refractivity contribution < 1.29 is 9.47 Å². The minimum atomic E-state index is 0.416. The van der Waals surface area contributed by atoms with Crippen LogP contribution in [0.5, 0.6) is 11.5 Å². The lowest BCUT2D eigenvalue weighted by Crippen LogP contribution is -1.99. The first-order valence-corrected chi connectivity index (χ1v) is 12.2. The standard InChI is InChI=1S/C26H19N5O2S2/c1-32-22-10-19-20(11-23(22)33-2)28-13-17(12-27)25(19)30-18-8-9-24(29-14-18)35-26-31-21(15-34-26)16-6-4-3-5-7-16/h3-11,13-15H,1-2H3,(H,28,30). The van der Waals surface area contributed by atoms with E-state index in [0.29, 0.717) is 28.3 Å². The summed E-state index contributed by atoms with van der Waals surface area (Å²) in [7, 11) is 3.15. The zero-order valence-electron chi connectivity index (χ0n) is 18.9. The van der Waals surface area contributed by atoms with Crippen LogP contribution in [0.3, 0.4) is 0 Å². The van der Waals surface area contributed by atoms with Crippen LogP contribution in [0.1, 0.15) is 5.56 Å². The fourth-order valence-corrected chi connectivity index (χ4v) is 5.24. The van der Waals surface area contributed by atoms with Crippen LogP contribution in [0.4, 0.5) is 11.4 Å². The molecule has 0 aliphatic heterocycles. The van der Waals surface area contributed by atoms with Crippen molar-refractivity contribution in [3.05, 3.63) is 77.9 Å². The van der Waals surface area contributed by atoms with Crippen LogP contribution in [0.25, 0.3) is 22.2 Å². The zero-order valence-corrected chi connectivity index (χ0v) is 20.5. The topological polar surface area (TPSA) is 93.0 Å². The molecule has 0 bridgehead atoms. The van der Waals surface area contributed by atoms with Crippen LogP contribution in [0.15, 0.2) is 81.7 Å². The molecule has 0 amide bonds.